The highest BCUT2D eigenvalue weighted by Crippen LogP contribution is 2.36. The molecule has 0 N–H and O–H groups in total. The Morgan fingerprint density at radius 2 is 1.50 bits per heavy atom. The molecule has 0 bridgehead atoms. The van der Waals surface area contributed by atoms with Crippen LogP contribution in [0.25, 0.3) is 32.3 Å². The molecular formula is C21H18O. The number of hydrogen-bond acceptors (Lipinski definition) is 1. The van der Waals surface area contributed by atoms with E-state index in [1.54, 1.807) is 0 Å². The fourth-order valence-electron chi connectivity index (χ4n) is 3.38. The molecule has 0 aliphatic carbocycles. The van der Waals surface area contributed by atoms with Crippen LogP contribution < -0.4 is 0 Å². The average molecular weight is 286 g/mol. The van der Waals surface area contributed by atoms with E-state index in [0.29, 0.717) is 12.2 Å². The Balaban J connectivity index is 2.10. The molecule has 0 fully saturated rings. The van der Waals surface area contributed by atoms with Gasteiger partial charge in [0.05, 0.1) is 0 Å². The number of hydrogen-bond donors (Lipinski definition) is 0. The summed E-state index contributed by atoms with van der Waals surface area (Å²) in [4.78, 5) is 12.2. The third kappa shape index (κ3) is 1.89. The summed E-state index contributed by atoms with van der Waals surface area (Å²) in [5.74, 6) is 0.378. The second-order valence-corrected chi connectivity index (χ2v) is 6.38. The van der Waals surface area contributed by atoms with Gasteiger partial charge in [0.15, 0.2) is 0 Å². The molecule has 0 radical (unpaired) electrons. The topological polar surface area (TPSA) is 17.1 Å². The van der Waals surface area contributed by atoms with Gasteiger partial charge in [-0.05, 0) is 37.9 Å². The molecule has 0 amide bonds. The Morgan fingerprint density at radius 3 is 2.23 bits per heavy atom. The summed E-state index contributed by atoms with van der Waals surface area (Å²) in [6, 6.07) is 19.4. The fraction of sp³-hybridized carbons (Fsp3) is 0.190. The zero-order valence-corrected chi connectivity index (χ0v) is 12.9. The van der Waals surface area contributed by atoms with Gasteiger partial charge >= 0.3 is 0 Å². The molecule has 1 heteroatoms. The Kier molecular flexibility index (Phi) is 2.90. The van der Waals surface area contributed by atoms with Crippen molar-refractivity contribution in [2.24, 2.45) is 5.92 Å². The van der Waals surface area contributed by atoms with Gasteiger partial charge in [-0.25, -0.2) is 0 Å². The van der Waals surface area contributed by atoms with Crippen LogP contribution in [-0.2, 0) is 11.2 Å². The van der Waals surface area contributed by atoms with Gasteiger partial charge in [0.1, 0.15) is 5.78 Å². The molecule has 0 aliphatic rings. The van der Waals surface area contributed by atoms with Crippen molar-refractivity contribution in [2.75, 3.05) is 0 Å². The van der Waals surface area contributed by atoms with Crippen molar-refractivity contribution in [1.82, 2.24) is 0 Å². The van der Waals surface area contributed by atoms with Crippen LogP contribution in [0.5, 0.6) is 0 Å². The molecule has 22 heavy (non-hydrogen) atoms. The largest absolute Gasteiger partial charge is 0.299 e. The zero-order valence-electron chi connectivity index (χ0n) is 12.9. The summed E-state index contributed by atoms with van der Waals surface area (Å²) in [7, 11) is 0. The summed E-state index contributed by atoms with van der Waals surface area (Å²) < 4.78 is 0. The molecule has 1 nitrogen and oxygen atoms in total. The molecule has 0 aliphatic heterocycles. The first-order valence-corrected chi connectivity index (χ1v) is 7.83. The monoisotopic (exact) mass is 286 g/mol. The van der Waals surface area contributed by atoms with Crippen LogP contribution in [0.4, 0.5) is 0 Å². The first-order chi connectivity index (χ1) is 10.6. The lowest BCUT2D eigenvalue weighted by atomic mass is 9.89. The van der Waals surface area contributed by atoms with Gasteiger partial charge in [0.2, 0.25) is 0 Å². The van der Waals surface area contributed by atoms with Crippen molar-refractivity contribution in [3.8, 4) is 0 Å². The lowest BCUT2D eigenvalue weighted by Crippen LogP contribution is -2.10. The van der Waals surface area contributed by atoms with E-state index in [-0.39, 0.29) is 5.92 Å². The number of ketones is 1. The maximum atomic E-state index is 12.2. The zero-order chi connectivity index (χ0) is 15.3. The third-order valence-electron chi connectivity index (χ3n) is 4.60. The number of benzene rings is 4. The summed E-state index contributed by atoms with van der Waals surface area (Å²) in [6.07, 6.45) is 0.515. The van der Waals surface area contributed by atoms with Crippen LogP contribution in [0.1, 0.15) is 19.4 Å². The van der Waals surface area contributed by atoms with Crippen LogP contribution in [0.3, 0.4) is 0 Å². The van der Waals surface area contributed by atoms with E-state index in [2.05, 4.69) is 54.6 Å². The lowest BCUT2D eigenvalue weighted by Gasteiger charge is -2.15. The Hall–Kier alpha value is -2.41. The van der Waals surface area contributed by atoms with Gasteiger partial charge in [-0.1, -0.05) is 68.4 Å². The maximum Gasteiger partial charge on any atom is 0.139 e. The highest BCUT2D eigenvalue weighted by molar-refractivity contribution is 6.24. The first-order valence-electron chi connectivity index (χ1n) is 7.83. The number of carbonyl (C=O) groups excluding carboxylic acids is 1. The Morgan fingerprint density at radius 1 is 0.864 bits per heavy atom. The molecule has 0 aromatic heterocycles. The van der Waals surface area contributed by atoms with Crippen molar-refractivity contribution in [2.45, 2.75) is 20.3 Å². The molecule has 108 valence electrons. The van der Waals surface area contributed by atoms with E-state index in [4.69, 9.17) is 0 Å². The molecule has 0 saturated heterocycles. The molecule has 4 aromatic carbocycles. The van der Waals surface area contributed by atoms with Crippen molar-refractivity contribution in [3.05, 3.63) is 60.2 Å². The SMILES string of the molecule is CC(C)C(=O)Cc1cc2cccc3ccc4cccc1c4c32. The molecule has 0 heterocycles. The smallest absolute Gasteiger partial charge is 0.139 e. The van der Waals surface area contributed by atoms with Gasteiger partial charge in [-0.15, -0.1) is 0 Å². The van der Waals surface area contributed by atoms with Crippen molar-refractivity contribution in [1.29, 1.82) is 0 Å². The van der Waals surface area contributed by atoms with Crippen LogP contribution in [0.2, 0.25) is 0 Å². The fourth-order valence-corrected chi connectivity index (χ4v) is 3.38. The minimum Gasteiger partial charge on any atom is -0.299 e. The van der Waals surface area contributed by atoms with E-state index in [0.717, 1.165) is 5.56 Å². The molecule has 4 aromatic rings. The molecule has 0 unspecified atom stereocenters. The van der Waals surface area contributed by atoms with Gasteiger partial charge < -0.3 is 0 Å². The molecule has 0 spiro atoms. The van der Waals surface area contributed by atoms with Gasteiger partial charge in [-0.3, -0.25) is 4.79 Å². The van der Waals surface area contributed by atoms with Gasteiger partial charge in [0, 0.05) is 12.3 Å². The molecule has 4 rings (SSSR count). The predicted octanol–water partition coefficient (Wildman–Crippen LogP) is 5.35. The minimum atomic E-state index is 0.0769. The maximum absolute atomic E-state index is 12.2. The first kappa shape index (κ1) is 13.3. The van der Waals surface area contributed by atoms with Crippen LogP contribution >= 0.6 is 0 Å². The van der Waals surface area contributed by atoms with Crippen molar-refractivity contribution < 1.29 is 4.79 Å². The predicted molar refractivity (Wildman–Crippen MR) is 93.7 cm³/mol. The van der Waals surface area contributed by atoms with E-state index in [9.17, 15) is 4.79 Å². The normalized spacial score (nSPS) is 12.0. The van der Waals surface area contributed by atoms with Crippen LogP contribution in [-0.4, -0.2) is 5.78 Å². The average Bonchev–Trinajstić information content (AvgIpc) is 2.53. The van der Waals surface area contributed by atoms with E-state index in [1.165, 1.54) is 32.3 Å². The van der Waals surface area contributed by atoms with Crippen molar-refractivity contribution in [3.63, 3.8) is 0 Å². The Labute approximate surface area is 129 Å². The van der Waals surface area contributed by atoms with Gasteiger partial charge in [0.25, 0.3) is 0 Å². The minimum absolute atomic E-state index is 0.0769. The van der Waals surface area contributed by atoms with Crippen LogP contribution in [0, 0.1) is 5.92 Å². The quantitative estimate of drug-likeness (QED) is 0.464. The van der Waals surface area contributed by atoms with Crippen LogP contribution in [0.15, 0.2) is 54.6 Å². The highest BCUT2D eigenvalue weighted by atomic mass is 16.1. The second-order valence-electron chi connectivity index (χ2n) is 6.38. The summed E-state index contributed by atoms with van der Waals surface area (Å²) in [5.41, 5.74) is 1.15. The standard InChI is InChI=1S/C21H18O/c1-13(2)19(22)12-17-11-16-7-3-5-14-9-10-15-6-4-8-18(17)21(15)20(14)16/h3-11,13H,12H2,1-2H3. The third-order valence-corrected chi connectivity index (χ3v) is 4.60. The molecular weight excluding hydrogens is 268 g/mol. The highest BCUT2D eigenvalue weighted by Gasteiger charge is 2.15. The number of Topliss-reactive ketones (excluding diaryl/α,β-unsaturated/α-hetero) is 1. The molecule has 0 atom stereocenters. The summed E-state index contributed by atoms with van der Waals surface area (Å²) >= 11 is 0. The summed E-state index contributed by atoms with van der Waals surface area (Å²) in [5, 5.41) is 7.58. The number of rotatable bonds is 3. The second kappa shape index (κ2) is 4.81. The lowest BCUT2D eigenvalue weighted by molar-refractivity contribution is -0.121. The van der Waals surface area contributed by atoms with Crippen molar-refractivity contribution >= 4 is 38.1 Å². The van der Waals surface area contributed by atoms with Gasteiger partial charge in [-0.2, -0.15) is 0 Å². The van der Waals surface area contributed by atoms with E-state index >= 15 is 0 Å². The number of carbonyl (C=O) groups is 1. The van der Waals surface area contributed by atoms with E-state index < -0.39 is 0 Å². The van der Waals surface area contributed by atoms with E-state index in [1.807, 2.05) is 13.8 Å². The molecule has 0 saturated carbocycles. The summed E-state index contributed by atoms with van der Waals surface area (Å²) in [6.45, 7) is 3.95. The Bertz CT molecular complexity index is 995.